The standard InChI is InChI=1S/C9H11F3N2O3/c1-2-3-13-7(15)4-14(5-8(16)17)6-9(10,11)12/h1H,3-6H2,(H,13,15)(H,16,17). The predicted molar refractivity (Wildman–Crippen MR) is 52.0 cm³/mol. The zero-order valence-corrected chi connectivity index (χ0v) is 8.75. The molecular weight excluding hydrogens is 241 g/mol. The molecule has 0 bridgehead atoms. The van der Waals surface area contributed by atoms with E-state index < -0.39 is 37.7 Å². The summed E-state index contributed by atoms with van der Waals surface area (Å²) in [4.78, 5) is 21.9. The molecule has 0 rings (SSSR count). The molecule has 2 N–H and O–H groups in total. The van der Waals surface area contributed by atoms with Crippen molar-refractivity contribution in [2.45, 2.75) is 6.18 Å². The van der Waals surface area contributed by atoms with Crippen LogP contribution in [0.3, 0.4) is 0 Å². The molecule has 0 radical (unpaired) electrons. The van der Waals surface area contributed by atoms with Crippen molar-refractivity contribution in [2.75, 3.05) is 26.2 Å². The summed E-state index contributed by atoms with van der Waals surface area (Å²) in [6.45, 7) is -3.13. The Bertz CT molecular complexity index is 322. The molecular formula is C9H11F3N2O3. The van der Waals surface area contributed by atoms with Crippen molar-refractivity contribution in [1.29, 1.82) is 0 Å². The van der Waals surface area contributed by atoms with E-state index in [9.17, 15) is 22.8 Å². The van der Waals surface area contributed by atoms with Crippen LogP contribution >= 0.6 is 0 Å². The first-order valence-electron chi connectivity index (χ1n) is 4.45. The number of carbonyl (C=O) groups excluding carboxylic acids is 1. The van der Waals surface area contributed by atoms with Crippen LogP contribution in [0.15, 0.2) is 0 Å². The summed E-state index contributed by atoms with van der Waals surface area (Å²) < 4.78 is 36.2. The monoisotopic (exact) mass is 252 g/mol. The SMILES string of the molecule is C#CCNC(=O)CN(CC(=O)O)CC(F)(F)F. The van der Waals surface area contributed by atoms with Gasteiger partial charge in [0.1, 0.15) is 0 Å². The number of carboxylic acids is 1. The minimum Gasteiger partial charge on any atom is -0.480 e. The molecule has 5 nitrogen and oxygen atoms in total. The quantitative estimate of drug-likeness (QED) is 0.636. The third kappa shape index (κ3) is 9.19. The maximum Gasteiger partial charge on any atom is 0.401 e. The number of carbonyl (C=O) groups is 2. The number of alkyl halides is 3. The number of rotatable bonds is 6. The first kappa shape index (κ1) is 15.2. The summed E-state index contributed by atoms with van der Waals surface area (Å²) in [6, 6.07) is 0. The fraction of sp³-hybridized carbons (Fsp3) is 0.556. The van der Waals surface area contributed by atoms with E-state index in [0.717, 1.165) is 0 Å². The maximum absolute atomic E-state index is 12.1. The highest BCUT2D eigenvalue weighted by Gasteiger charge is 2.32. The lowest BCUT2D eigenvalue weighted by molar-refractivity contribution is -0.155. The van der Waals surface area contributed by atoms with Crippen LogP contribution < -0.4 is 5.32 Å². The highest BCUT2D eigenvalue weighted by atomic mass is 19.4. The van der Waals surface area contributed by atoms with E-state index in [2.05, 4.69) is 11.2 Å². The van der Waals surface area contributed by atoms with Crippen molar-refractivity contribution in [3.63, 3.8) is 0 Å². The predicted octanol–water partition coefficient (Wildman–Crippen LogP) is -0.315. The second kappa shape index (κ2) is 6.75. The Morgan fingerprint density at radius 2 is 1.94 bits per heavy atom. The molecule has 8 heteroatoms. The van der Waals surface area contributed by atoms with Gasteiger partial charge in [0.15, 0.2) is 0 Å². The van der Waals surface area contributed by atoms with Gasteiger partial charge in [-0.15, -0.1) is 6.42 Å². The number of nitrogens with one attached hydrogen (secondary N) is 1. The number of terminal acetylenes is 1. The van der Waals surface area contributed by atoms with E-state index in [0.29, 0.717) is 4.90 Å². The Labute approximate surface area is 95.6 Å². The zero-order valence-electron chi connectivity index (χ0n) is 8.75. The number of carboxylic acid groups (broad SMARTS) is 1. The van der Waals surface area contributed by atoms with Gasteiger partial charge in [0, 0.05) is 0 Å². The molecule has 17 heavy (non-hydrogen) atoms. The van der Waals surface area contributed by atoms with Crippen molar-refractivity contribution in [2.24, 2.45) is 0 Å². The highest BCUT2D eigenvalue weighted by molar-refractivity contribution is 5.79. The van der Waals surface area contributed by atoms with Crippen LogP contribution in [0.1, 0.15) is 0 Å². The topological polar surface area (TPSA) is 69.6 Å². The smallest absolute Gasteiger partial charge is 0.401 e. The van der Waals surface area contributed by atoms with Gasteiger partial charge in [-0.2, -0.15) is 13.2 Å². The molecule has 0 atom stereocenters. The number of hydrogen-bond donors (Lipinski definition) is 2. The molecule has 96 valence electrons. The summed E-state index contributed by atoms with van der Waals surface area (Å²) >= 11 is 0. The van der Waals surface area contributed by atoms with Gasteiger partial charge in [0.05, 0.1) is 26.2 Å². The minimum atomic E-state index is -4.57. The molecule has 0 spiro atoms. The second-order valence-corrected chi connectivity index (χ2v) is 3.13. The van der Waals surface area contributed by atoms with Gasteiger partial charge in [0.2, 0.25) is 5.91 Å². The summed E-state index contributed by atoms with van der Waals surface area (Å²) in [6.07, 6.45) is 0.270. The highest BCUT2D eigenvalue weighted by Crippen LogP contribution is 2.15. The molecule has 0 aromatic carbocycles. The first-order valence-corrected chi connectivity index (χ1v) is 4.45. The van der Waals surface area contributed by atoms with Crippen LogP contribution in [0.4, 0.5) is 13.2 Å². The number of aliphatic carboxylic acids is 1. The molecule has 0 saturated heterocycles. The van der Waals surface area contributed by atoms with Crippen LogP contribution in [-0.4, -0.2) is 54.2 Å². The van der Waals surface area contributed by atoms with E-state index in [1.807, 2.05) is 0 Å². The molecule has 0 fully saturated rings. The molecule has 0 aromatic rings. The molecule has 0 aromatic heterocycles. The molecule has 0 saturated carbocycles. The average Bonchev–Trinajstić information content (AvgIpc) is 2.10. The normalized spacial score (nSPS) is 11.0. The maximum atomic E-state index is 12.1. The Morgan fingerprint density at radius 3 is 2.35 bits per heavy atom. The fourth-order valence-corrected chi connectivity index (χ4v) is 1.02. The van der Waals surface area contributed by atoms with Crippen LogP contribution in [0.25, 0.3) is 0 Å². The first-order chi connectivity index (χ1) is 7.74. The van der Waals surface area contributed by atoms with Crippen molar-refractivity contribution >= 4 is 11.9 Å². The third-order valence-corrected chi connectivity index (χ3v) is 1.52. The Balaban J connectivity index is 4.34. The van der Waals surface area contributed by atoms with Gasteiger partial charge < -0.3 is 10.4 Å². The van der Waals surface area contributed by atoms with Gasteiger partial charge in [-0.05, 0) is 0 Å². The molecule has 0 aliphatic carbocycles. The lowest BCUT2D eigenvalue weighted by atomic mass is 10.4. The Hall–Kier alpha value is -1.75. The molecule has 0 unspecified atom stereocenters. The summed E-state index contributed by atoms with van der Waals surface area (Å²) in [5.74, 6) is -0.130. The van der Waals surface area contributed by atoms with Gasteiger partial charge >= 0.3 is 12.1 Å². The summed E-state index contributed by atoms with van der Waals surface area (Å²) in [7, 11) is 0. The van der Waals surface area contributed by atoms with Crippen molar-refractivity contribution in [3.8, 4) is 12.3 Å². The second-order valence-electron chi connectivity index (χ2n) is 3.13. The zero-order chi connectivity index (χ0) is 13.5. The van der Waals surface area contributed by atoms with E-state index in [-0.39, 0.29) is 6.54 Å². The molecule has 0 aliphatic heterocycles. The van der Waals surface area contributed by atoms with Gasteiger partial charge in [-0.1, -0.05) is 5.92 Å². The largest absolute Gasteiger partial charge is 0.480 e. The van der Waals surface area contributed by atoms with Gasteiger partial charge in [-0.25, -0.2) is 0 Å². The Morgan fingerprint density at radius 1 is 1.35 bits per heavy atom. The molecule has 1 amide bonds. The van der Waals surface area contributed by atoms with Crippen molar-refractivity contribution in [3.05, 3.63) is 0 Å². The fourth-order valence-electron chi connectivity index (χ4n) is 1.02. The minimum absolute atomic E-state index is 0.119. The van der Waals surface area contributed by atoms with Crippen LogP contribution in [0, 0.1) is 12.3 Å². The number of hydrogen-bond acceptors (Lipinski definition) is 3. The van der Waals surface area contributed by atoms with Crippen LogP contribution in [0.2, 0.25) is 0 Å². The number of amides is 1. The molecule has 0 aliphatic rings. The van der Waals surface area contributed by atoms with E-state index in [1.165, 1.54) is 0 Å². The number of halogens is 3. The van der Waals surface area contributed by atoms with Crippen molar-refractivity contribution in [1.82, 2.24) is 10.2 Å². The molecule has 0 heterocycles. The van der Waals surface area contributed by atoms with Gasteiger partial charge in [0.25, 0.3) is 0 Å². The third-order valence-electron chi connectivity index (χ3n) is 1.52. The van der Waals surface area contributed by atoms with Crippen LogP contribution in [0.5, 0.6) is 0 Å². The van der Waals surface area contributed by atoms with Crippen LogP contribution in [-0.2, 0) is 9.59 Å². The van der Waals surface area contributed by atoms with E-state index in [4.69, 9.17) is 11.5 Å². The summed E-state index contributed by atoms with van der Waals surface area (Å²) in [5, 5.41) is 10.5. The van der Waals surface area contributed by atoms with E-state index >= 15 is 0 Å². The number of nitrogens with zero attached hydrogens (tertiary/aromatic N) is 1. The average molecular weight is 252 g/mol. The van der Waals surface area contributed by atoms with E-state index in [1.54, 1.807) is 0 Å². The summed E-state index contributed by atoms with van der Waals surface area (Å²) in [5.41, 5.74) is 0. The van der Waals surface area contributed by atoms with Crippen molar-refractivity contribution < 1.29 is 27.9 Å². The Kier molecular flexibility index (Phi) is 6.06. The lowest BCUT2D eigenvalue weighted by Gasteiger charge is -2.20. The van der Waals surface area contributed by atoms with Gasteiger partial charge in [-0.3, -0.25) is 14.5 Å². The lowest BCUT2D eigenvalue weighted by Crippen LogP contribution is -2.44.